The van der Waals surface area contributed by atoms with Crippen LogP contribution in [0.1, 0.15) is 136 Å². The summed E-state index contributed by atoms with van der Waals surface area (Å²) in [6.07, 6.45) is 22.7. The van der Waals surface area contributed by atoms with Crippen LogP contribution in [0.5, 0.6) is 0 Å². The Hall–Kier alpha value is -0.650. The van der Waals surface area contributed by atoms with Gasteiger partial charge in [0.2, 0.25) is 0 Å². The van der Waals surface area contributed by atoms with Crippen molar-refractivity contribution in [1.82, 2.24) is 16.0 Å². The number of carbonyl (C=O) groups is 1. The number of esters is 1. The zero-order chi connectivity index (χ0) is 25.0. The molecule has 0 aliphatic rings. The van der Waals surface area contributed by atoms with E-state index >= 15 is 0 Å². The fraction of sp³-hybridized carbons (Fsp3) is 0.966. The SMILES string of the molecule is CCCCCCCCCCCCCC(CC(=O)OCC)NCCCNCCCCNCCCC. The number of ether oxygens (including phenoxy) is 1. The van der Waals surface area contributed by atoms with E-state index in [4.69, 9.17) is 4.74 Å². The van der Waals surface area contributed by atoms with Crippen LogP contribution in [0.2, 0.25) is 0 Å². The Morgan fingerprint density at radius 3 is 1.65 bits per heavy atom. The van der Waals surface area contributed by atoms with Crippen molar-refractivity contribution in [2.24, 2.45) is 0 Å². The largest absolute Gasteiger partial charge is 0.466 e. The minimum absolute atomic E-state index is 0.0613. The lowest BCUT2D eigenvalue weighted by Gasteiger charge is -2.18. The van der Waals surface area contributed by atoms with E-state index in [-0.39, 0.29) is 12.0 Å². The molecule has 0 amide bonds. The Morgan fingerprint density at radius 1 is 0.588 bits per heavy atom. The normalized spacial score (nSPS) is 12.2. The van der Waals surface area contributed by atoms with E-state index in [1.165, 1.54) is 96.3 Å². The van der Waals surface area contributed by atoms with Crippen molar-refractivity contribution < 1.29 is 9.53 Å². The van der Waals surface area contributed by atoms with Gasteiger partial charge in [-0.2, -0.15) is 0 Å². The molecule has 204 valence electrons. The van der Waals surface area contributed by atoms with E-state index in [9.17, 15) is 4.79 Å². The number of carbonyl (C=O) groups excluding carboxylic acids is 1. The molecule has 1 atom stereocenters. The lowest BCUT2D eigenvalue weighted by atomic mass is 10.0. The number of hydrogen-bond acceptors (Lipinski definition) is 5. The monoisotopic (exact) mass is 483 g/mol. The van der Waals surface area contributed by atoms with Crippen molar-refractivity contribution >= 4 is 5.97 Å². The lowest BCUT2D eigenvalue weighted by molar-refractivity contribution is -0.143. The Kier molecular flexibility index (Phi) is 28.0. The van der Waals surface area contributed by atoms with Crippen molar-refractivity contribution in [3.8, 4) is 0 Å². The van der Waals surface area contributed by atoms with Crippen molar-refractivity contribution in [1.29, 1.82) is 0 Å². The fourth-order valence-electron chi connectivity index (χ4n) is 4.32. The summed E-state index contributed by atoms with van der Waals surface area (Å²) in [6.45, 7) is 12.3. The molecule has 0 heterocycles. The minimum atomic E-state index is -0.0613. The summed E-state index contributed by atoms with van der Waals surface area (Å²) in [5.41, 5.74) is 0. The smallest absolute Gasteiger partial charge is 0.307 e. The maximum Gasteiger partial charge on any atom is 0.307 e. The molecule has 5 nitrogen and oxygen atoms in total. The van der Waals surface area contributed by atoms with Gasteiger partial charge in [-0.25, -0.2) is 0 Å². The molecule has 0 rings (SSSR count). The third-order valence-electron chi connectivity index (χ3n) is 6.50. The van der Waals surface area contributed by atoms with Gasteiger partial charge in [0.25, 0.3) is 0 Å². The molecule has 3 N–H and O–H groups in total. The van der Waals surface area contributed by atoms with E-state index in [1.54, 1.807) is 0 Å². The van der Waals surface area contributed by atoms with Gasteiger partial charge in [0.1, 0.15) is 0 Å². The first-order valence-corrected chi connectivity index (χ1v) is 15.0. The van der Waals surface area contributed by atoms with Gasteiger partial charge in [-0.3, -0.25) is 4.79 Å². The molecule has 34 heavy (non-hydrogen) atoms. The van der Waals surface area contributed by atoms with Crippen LogP contribution in [0.15, 0.2) is 0 Å². The molecular weight excluding hydrogens is 422 g/mol. The second-order valence-electron chi connectivity index (χ2n) is 9.90. The first-order valence-electron chi connectivity index (χ1n) is 15.0. The van der Waals surface area contributed by atoms with E-state index in [2.05, 4.69) is 29.8 Å². The predicted octanol–water partition coefficient (Wildman–Crippen LogP) is 6.75. The number of unbranched alkanes of at least 4 members (excludes halogenated alkanes) is 12. The molecule has 0 aromatic rings. The molecule has 0 aromatic carbocycles. The fourth-order valence-corrected chi connectivity index (χ4v) is 4.32. The Labute approximate surface area is 213 Å². The summed E-state index contributed by atoms with van der Waals surface area (Å²) in [4.78, 5) is 12.0. The zero-order valence-electron chi connectivity index (χ0n) is 23.4. The molecule has 0 aromatic heterocycles. The first-order chi connectivity index (χ1) is 16.7. The van der Waals surface area contributed by atoms with Crippen LogP contribution in [0.3, 0.4) is 0 Å². The van der Waals surface area contributed by atoms with Gasteiger partial charge in [-0.15, -0.1) is 0 Å². The molecule has 0 aliphatic carbocycles. The topological polar surface area (TPSA) is 62.4 Å². The molecule has 0 bridgehead atoms. The van der Waals surface area contributed by atoms with Crippen molar-refractivity contribution in [3.05, 3.63) is 0 Å². The van der Waals surface area contributed by atoms with Gasteiger partial charge < -0.3 is 20.7 Å². The summed E-state index contributed by atoms with van der Waals surface area (Å²) in [7, 11) is 0. The molecule has 0 spiro atoms. The Morgan fingerprint density at radius 2 is 1.09 bits per heavy atom. The van der Waals surface area contributed by atoms with Gasteiger partial charge in [0.05, 0.1) is 13.0 Å². The Balaban J connectivity index is 3.73. The van der Waals surface area contributed by atoms with Crippen molar-refractivity contribution in [2.45, 2.75) is 142 Å². The van der Waals surface area contributed by atoms with Gasteiger partial charge in [-0.05, 0) is 71.8 Å². The van der Waals surface area contributed by atoms with Crippen LogP contribution in [0, 0.1) is 0 Å². The Bertz CT molecular complexity index is 407. The zero-order valence-corrected chi connectivity index (χ0v) is 23.4. The van der Waals surface area contributed by atoms with E-state index < -0.39 is 0 Å². The molecule has 5 heteroatoms. The van der Waals surface area contributed by atoms with Crippen molar-refractivity contribution in [3.63, 3.8) is 0 Å². The number of hydrogen-bond donors (Lipinski definition) is 3. The minimum Gasteiger partial charge on any atom is -0.466 e. The summed E-state index contributed by atoms with van der Waals surface area (Å²) >= 11 is 0. The summed E-state index contributed by atoms with van der Waals surface area (Å²) in [5, 5.41) is 10.7. The lowest BCUT2D eigenvalue weighted by Crippen LogP contribution is -2.34. The highest BCUT2D eigenvalue weighted by Crippen LogP contribution is 2.13. The van der Waals surface area contributed by atoms with Crippen LogP contribution >= 0.6 is 0 Å². The van der Waals surface area contributed by atoms with Crippen LogP contribution < -0.4 is 16.0 Å². The van der Waals surface area contributed by atoms with E-state index in [1.807, 2.05) is 6.92 Å². The third kappa shape index (κ3) is 26.0. The third-order valence-corrected chi connectivity index (χ3v) is 6.50. The van der Waals surface area contributed by atoms with Crippen LogP contribution in [0.25, 0.3) is 0 Å². The molecule has 1 unspecified atom stereocenters. The second kappa shape index (κ2) is 28.6. The summed E-state index contributed by atoms with van der Waals surface area (Å²) < 4.78 is 5.20. The molecular formula is C29H61N3O2. The molecule has 0 radical (unpaired) electrons. The first kappa shape index (κ1) is 33.4. The van der Waals surface area contributed by atoms with Crippen LogP contribution in [-0.4, -0.2) is 51.3 Å². The maximum atomic E-state index is 12.0. The predicted molar refractivity (Wildman–Crippen MR) is 149 cm³/mol. The quantitative estimate of drug-likeness (QED) is 0.0848. The highest BCUT2D eigenvalue weighted by atomic mass is 16.5. The standard InChI is InChI=1S/C29H61N3O2/c1-4-7-9-10-11-12-13-14-15-16-17-21-28(27-29(33)34-6-3)32-26-20-25-31-24-19-18-23-30-22-8-5-2/h28,30-32H,4-27H2,1-3H3. The van der Waals surface area contributed by atoms with E-state index in [0.717, 1.165) is 45.6 Å². The van der Waals surface area contributed by atoms with Crippen molar-refractivity contribution in [2.75, 3.05) is 39.3 Å². The second-order valence-corrected chi connectivity index (χ2v) is 9.90. The van der Waals surface area contributed by atoms with Gasteiger partial charge in [-0.1, -0.05) is 90.9 Å². The number of nitrogens with one attached hydrogen (secondary N) is 3. The molecule has 0 fully saturated rings. The van der Waals surface area contributed by atoms with Gasteiger partial charge >= 0.3 is 5.97 Å². The van der Waals surface area contributed by atoms with E-state index in [0.29, 0.717) is 13.0 Å². The van der Waals surface area contributed by atoms with Gasteiger partial charge in [0, 0.05) is 6.04 Å². The molecule has 0 saturated carbocycles. The maximum absolute atomic E-state index is 12.0. The summed E-state index contributed by atoms with van der Waals surface area (Å²) in [6, 6.07) is 0.256. The van der Waals surface area contributed by atoms with Crippen LogP contribution in [-0.2, 0) is 9.53 Å². The summed E-state index contributed by atoms with van der Waals surface area (Å²) in [5.74, 6) is -0.0613. The van der Waals surface area contributed by atoms with Crippen LogP contribution in [0.4, 0.5) is 0 Å². The highest BCUT2D eigenvalue weighted by molar-refractivity contribution is 5.70. The molecule has 0 aliphatic heterocycles. The average Bonchev–Trinajstić information content (AvgIpc) is 2.83. The average molecular weight is 484 g/mol. The highest BCUT2D eigenvalue weighted by Gasteiger charge is 2.13. The molecule has 0 saturated heterocycles. The number of rotatable bonds is 28. The van der Waals surface area contributed by atoms with Gasteiger partial charge in [0.15, 0.2) is 0 Å².